The first kappa shape index (κ1) is 28.6. The molecule has 0 aromatic heterocycles. The molecule has 2 rings (SSSR count). The van der Waals surface area contributed by atoms with Gasteiger partial charge in [-0.05, 0) is 0 Å². The van der Waals surface area contributed by atoms with Crippen molar-refractivity contribution >= 4 is 17.8 Å². The van der Waals surface area contributed by atoms with Gasteiger partial charge in [0.2, 0.25) is 0 Å². The topological polar surface area (TPSA) is 49.9 Å². The molecule has 0 atom stereocenters. The van der Waals surface area contributed by atoms with Crippen molar-refractivity contribution in [1.29, 1.82) is 0 Å². The van der Waals surface area contributed by atoms with E-state index in [1.165, 1.54) is 38.5 Å². The van der Waals surface area contributed by atoms with Gasteiger partial charge in [-0.25, -0.2) is 0 Å². The zero-order chi connectivity index (χ0) is 23.3. The van der Waals surface area contributed by atoms with Crippen LogP contribution >= 0.6 is 17.8 Å². The summed E-state index contributed by atoms with van der Waals surface area (Å²) < 4.78 is 32.7. The van der Waals surface area contributed by atoms with E-state index in [2.05, 4.69) is 18.7 Å². The van der Waals surface area contributed by atoms with Crippen LogP contribution in [0.5, 0.6) is 0 Å². The Kier molecular flexibility index (Phi) is 13.2. The van der Waals surface area contributed by atoms with E-state index in [0.717, 1.165) is 52.4 Å². The van der Waals surface area contributed by atoms with Crippen molar-refractivity contribution in [2.75, 3.05) is 107 Å². The third-order valence-corrected chi connectivity index (χ3v) is 14.9. The maximum atomic E-state index is 8.44. The minimum absolute atomic E-state index is 0.637. The molecule has 2 saturated heterocycles. The molecule has 8 nitrogen and oxygen atoms in total. The van der Waals surface area contributed by atoms with Crippen molar-refractivity contribution in [3.05, 3.63) is 0 Å². The third-order valence-electron chi connectivity index (χ3n) is 6.82. The van der Waals surface area contributed by atoms with Gasteiger partial charge in [0.15, 0.2) is 0 Å². The number of rotatable bonds is 16. The second-order valence-corrected chi connectivity index (χ2v) is 14.5. The molecule has 192 valence electrons. The Morgan fingerprint density at radius 2 is 0.844 bits per heavy atom. The molecule has 0 spiro atoms. The van der Waals surface area contributed by atoms with Crippen molar-refractivity contribution in [2.24, 2.45) is 0 Å². The number of ether oxygens (including phenoxy) is 4. The van der Waals surface area contributed by atoms with Crippen molar-refractivity contribution in [3.63, 3.8) is 0 Å². The van der Waals surface area contributed by atoms with Crippen LogP contribution in [0.2, 0.25) is 0 Å². The van der Waals surface area contributed by atoms with Crippen molar-refractivity contribution < 1.29 is 18.9 Å². The third kappa shape index (κ3) is 6.34. The molecule has 0 amide bonds. The molecular weight excluding hydrogens is 451 g/mol. The Hall–Kier alpha value is 0.400. The van der Waals surface area contributed by atoms with Crippen molar-refractivity contribution in [1.82, 2.24) is 18.7 Å². The summed E-state index contributed by atoms with van der Waals surface area (Å²) in [6.07, 6.45) is 7.28. The predicted octanol–water partition coefficient (Wildman–Crippen LogP) is 3.51. The Balaban J connectivity index is 2.66. The molecule has 0 aromatic carbocycles. The zero-order valence-corrected chi connectivity index (χ0v) is 22.6. The Morgan fingerprint density at radius 1 is 0.562 bits per heavy atom. The van der Waals surface area contributed by atoms with Crippen LogP contribution in [0.1, 0.15) is 38.5 Å². The summed E-state index contributed by atoms with van der Waals surface area (Å²) in [5.74, 6) is 0. The van der Waals surface area contributed by atoms with Gasteiger partial charge in [0.25, 0.3) is 0 Å². The molecule has 2 fully saturated rings. The van der Waals surface area contributed by atoms with Crippen LogP contribution in [0, 0.1) is 0 Å². The average molecular weight is 499 g/mol. The molecule has 0 radical (unpaired) electrons. The van der Waals surface area contributed by atoms with E-state index < -0.39 is 6.56 Å². The summed E-state index contributed by atoms with van der Waals surface area (Å²) in [6, 6.07) is 0. The molecule has 2 heterocycles. The summed E-state index contributed by atoms with van der Waals surface area (Å²) in [7, 11) is 7.08. The van der Waals surface area contributed by atoms with Gasteiger partial charge in [0.05, 0.1) is 0 Å². The predicted molar refractivity (Wildman–Crippen MR) is 134 cm³/mol. The van der Waals surface area contributed by atoms with E-state index in [9.17, 15) is 0 Å². The number of piperidine rings is 2. The first-order chi connectivity index (χ1) is 15.6. The van der Waals surface area contributed by atoms with Crippen LogP contribution in [0.4, 0.5) is 0 Å². The zero-order valence-electron chi connectivity index (χ0n) is 21.0. The molecule has 0 bridgehead atoms. The van der Waals surface area contributed by atoms with E-state index in [1.54, 1.807) is 28.4 Å². The summed E-state index contributed by atoms with van der Waals surface area (Å²) >= 11 is 8.44. The molecule has 0 unspecified atom stereocenters. The van der Waals surface area contributed by atoms with Crippen LogP contribution in [0.25, 0.3) is 0 Å². The van der Waals surface area contributed by atoms with E-state index in [0.29, 0.717) is 26.4 Å². The van der Waals surface area contributed by atoms with Gasteiger partial charge in [0.1, 0.15) is 0 Å². The number of hydrogen-bond donors (Lipinski definition) is 0. The molecule has 2 aliphatic heterocycles. The molecule has 0 saturated carbocycles. The maximum absolute atomic E-state index is 8.44. The standard InChI is InChI=1S/C22H48ClN4O4P/c1-28-19-15-26(16-20-29-2)32(23,24-11-7-5-8-12-24,25-13-9-6-10-14-25)27(17-21-30-3)18-22-31-4/h5-22H2,1-4H3. The fourth-order valence-electron chi connectivity index (χ4n) is 5.21. The molecule has 10 heteroatoms. The Bertz CT molecular complexity index is 452. The van der Waals surface area contributed by atoms with Gasteiger partial charge < -0.3 is 0 Å². The summed E-state index contributed by atoms with van der Waals surface area (Å²) in [4.78, 5) is 0. The summed E-state index contributed by atoms with van der Waals surface area (Å²) in [5, 5.41) is 0. The summed E-state index contributed by atoms with van der Waals surface area (Å²) in [6.45, 7) is 6.26. The van der Waals surface area contributed by atoms with Gasteiger partial charge in [0, 0.05) is 0 Å². The van der Waals surface area contributed by atoms with Crippen LogP contribution in [0.3, 0.4) is 0 Å². The molecule has 0 N–H and O–H groups in total. The second-order valence-electron chi connectivity index (χ2n) is 8.75. The Labute approximate surface area is 201 Å². The van der Waals surface area contributed by atoms with E-state index in [-0.39, 0.29) is 0 Å². The van der Waals surface area contributed by atoms with Gasteiger partial charge in [-0.3, -0.25) is 0 Å². The van der Waals surface area contributed by atoms with Crippen LogP contribution in [-0.4, -0.2) is 126 Å². The van der Waals surface area contributed by atoms with Crippen LogP contribution in [0.15, 0.2) is 0 Å². The van der Waals surface area contributed by atoms with E-state index in [4.69, 9.17) is 30.2 Å². The minimum atomic E-state index is -3.44. The van der Waals surface area contributed by atoms with Gasteiger partial charge in [-0.2, -0.15) is 0 Å². The SMILES string of the molecule is COCCN(CCOC)P(Cl)(N1CCCCC1)(N1CCCCC1)N(CCOC)CCOC. The molecule has 32 heavy (non-hydrogen) atoms. The quantitative estimate of drug-likeness (QED) is 0.300. The van der Waals surface area contributed by atoms with Gasteiger partial charge in [-0.1, -0.05) is 0 Å². The second kappa shape index (κ2) is 14.7. The Morgan fingerprint density at radius 3 is 1.09 bits per heavy atom. The number of halogens is 1. The first-order valence-corrected chi connectivity index (χ1v) is 15.2. The van der Waals surface area contributed by atoms with E-state index in [1.807, 2.05) is 0 Å². The van der Waals surface area contributed by atoms with Crippen molar-refractivity contribution in [3.8, 4) is 0 Å². The molecular formula is C22H48ClN4O4P. The fraction of sp³-hybridized carbons (Fsp3) is 1.00. The van der Waals surface area contributed by atoms with Crippen LogP contribution < -0.4 is 0 Å². The molecule has 2 aliphatic rings. The molecule has 0 aromatic rings. The van der Waals surface area contributed by atoms with Gasteiger partial charge >= 0.3 is 201 Å². The van der Waals surface area contributed by atoms with Crippen LogP contribution in [-0.2, 0) is 18.9 Å². The average Bonchev–Trinajstić information content (AvgIpc) is 2.85. The number of methoxy groups -OCH3 is 4. The summed E-state index contributed by atoms with van der Waals surface area (Å²) in [5.41, 5.74) is 0. The van der Waals surface area contributed by atoms with E-state index >= 15 is 0 Å². The number of nitrogens with zero attached hydrogens (tertiary/aromatic N) is 4. The monoisotopic (exact) mass is 498 g/mol. The molecule has 0 aliphatic carbocycles. The fourth-order valence-corrected chi connectivity index (χ4v) is 12.8. The first-order valence-electron chi connectivity index (χ1n) is 12.3. The normalized spacial score (nSPS) is 20.7. The van der Waals surface area contributed by atoms with Crippen molar-refractivity contribution in [2.45, 2.75) is 38.5 Å². The number of hydrogen-bond acceptors (Lipinski definition) is 8. The van der Waals surface area contributed by atoms with Gasteiger partial charge in [-0.15, -0.1) is 0 Å².